The number of thiazole rings is 1. The molecule has 1 fully saturated rings. The quantitative estimate of drug-likeness (QED) is 0.938. The van der Waals surface area contributed by atoms with Crippen molar-refractivity contribution < 1.29 is 13.2 Å². The molecule has 9 heteroatoms. The molecule has 1 aliphatic rings. The summed E-state index contributed by atoms with van der Waals surface area (Å²) in [6, 6.07) is -0.0611. The van der Waals surface area contributed by atoms with E-state index in [-0.39, 0.29) is 11.2 Å². The Labute approximate surface area is 114 Å². The average molecular weight is 306 g/mol. The summed E-state index contributed by atoms with van der Waals surface area (Å²) in [6.07, 6.45) is -0.628. The van der Waals surface area contributed by atoms with Gasteiger partial charge in [0.2, 0.25) is 10.1 Å². The summed E-state index contributed by atoms with van der Waals surface area (Å²) in [5.74, 6) is 0.421. The number of hydrogen-bond donors (Lipinski definition) is 1. The van der Waals surface area contributed by atoms with Gasteiger partial charge in [0.05, 0.1) is 6.04 Å². The fraction of sp³-hybridized carbons (Fsp3) is 0.500. The largest absolute Gasteiger partial charge is 0.445 e. The molecule has 1 atom stereocenters. The molecule has 0 spiro atoms. The van der Waals surface area contributed by atoms with Gasteiger partial charge in [-0.15, -0.1) is 21.5 Å². The highest BCUT2D eigenvalue weighted by Crippen LogP contribution is 2.44. The maximum Gasteiger partial charge on any atom is 0.445 e. The van der Waals surface area contributed by atoms with Crippen LogP contribution in [-0.4, -0.2) is 15.2 Å². The molecule has 0 saturated heterocycles. The van der Waals surface area contributed by atoms with Crippen LogP contribution in [0.25, 0.3) is 0 Å². The molecule has 3 rings (SSSR count). The van der Waals surface area contributed by atoms with Crippen LogP contribution in [0.2, 0.25) is 0 Å². The van der Waals surface area contributed by atoms with Gasteiger partial charge in [-0.25, -0.2) is 4.98 Å². The SMILES string of the molecule is FC(F)(F)c1nnc(NC(c2nccs2)C2CC2)s1. The molecule has 4 nitrogen and oxygen atoms in total. The maximum absolute atomic E-state index is 12.5. The van der Waals surface area contributed by atoms with Gasteiger partial charge in [-0.2, -0.15) is 13.2 Å². The van der Waals surface area contributed by atoms with Crippen molar-refractivity contribution in [2.75, 3.05) is 5.32 Å². The first-order chi connectivity index (χ1) is 9.04. The van der Waals surface area contributed by atoms with E-state index in [2.05, 4.69) is 20.5 Å². The normalized spacial score (nSPS) is 17.4. The molecular formula is C10H9F3N4S2. The van der Waals surface area contributed by atoms with Crippen LogP contribution < -0.4 is 5.32 Å². The van der Waals surface area contributed by atoms with Crippen molar-refractivity contribution in [3.05, 3.63) is 21.6 Å². The second-order valence-electron chi connectivity index (χ2n) is 4.24. The van der Waals surface area contributed by atoms with Crippen LogP contribution in [0.15, 0.2) is 11.6 Å². The Morgan fingerprint density at radius 2 is 2.11 bits per heavy atom. The predicted molar refractivity (Wildman–Crippen MR) is 66.1 cm³/mol. The van der Waals surface area contributed by atoms with E-state index in [9.17, 15) is 13.2 Å². The number of anilines is 1. The molecular weight excluding hydrogens is 297 g/mol. The van der Waals surface area contributed by atoms with E-state index in [1.807, 2.05) is 5.38 Å². The summed E-state index contributed by atoms with van der Waals surface area (Å²) in [4.78, 5) is 4.22. The first kappa shape index (κ1) is 12.8. The van der Waals surface area contributed by atoms with Crippen molar-refractivity contribution in [2.45, 2.75) is 25.1 Å². The Balaban J connectivity index is 1.77. The lowest BCUT2D eigenvalue weighted by Crippen LogP contribution is -2.12. The summed E-state index contributed by atoms with van der Waals surface area (Å²) >= 11 is 2.02. The van der Waals surface area contributed by atoms with E-state index in [0.29, 0.717) is 17.3 Å². The van der Waals surface area contributed by atoms with Gasteiger partial charge >= 0.3 is 6.18 Å². The van der Waals surface area contributed by atoms with Crippen LogP contribution >= 0.6 is 22.7 Å². The van der Waals surface area contributed by atoms with Gasteiger partial charge in [-0.3, -0.25) is 0 Å². The Morgan fingerprint density at radius 1 is 1.32 bits per heavy atom. The Kier molecular flexibility index (Phi) is 3.17. The minimum absolute atomic E-state index is 0.0611. The third-order valence-electron chi connectivity index (χ3n) is 2.76. The molecule has 2 heterocycles. The highest BCUT2D eigenvalue weighted by Gasteiger charge is 2.38. The Hall–Kier alpha value is -1.22. The standard InChI is InChI=1S/C10H9F3N4S2/c11-10(12,13)8-16-17-9(19-8)15-6(5-1-2-5)7-14-3-4-18-7/h3-6H,1-2H2,(H,15,17). The molecule has 0 amide bonds. The fourth-order valence-electron chi connectivity index (χ4n) is 1.73. The van der Waals surface area contributed by atoms with Crippen molar-refractivity contribution in [3.63, 3.8) is 0 Å². The lowest BCUT2D eigenvalue weighted by Gasteiger charge is -2.14. The molecule has 2 aromatic heterocycles. The van der Waals surface area contributed by atoms with Crippen LogP contribution in [-0.2, 0) is 6.18 Å². The van der Waals surface area contributed by atoms with E-state index in [4.69, 9.17) is 0 Å². The molecule has 0 aromatic carbocycles. The Morgan fingerprint density at radius 3 is 2.63 bits per heavy atom. The number of nitrogens with one attached hydrogen (secondary N) is 1. The third kappa shape index (κ3) is 2.86. The summed E-state index contributed by atoms with van der Waals surface area (Å²) in [5, 5.41) is 11.8. The molecule has 102 valence electrons. The zero-order valence-electron chi connectivity index (χ0n) is 9.52. The van der Waals surface area contributed by atoms with E-state index in [0.717, 1.165) is 17.8 Å². The number of halogens is 3. The van der Waals surface area contributed by atoms with Gasteiger partial charge in [0, 0.05) is 11.6 Å². The first-order valence-electron chi connectivity index (χ1n) is 5.60. The molecule has 1 N–H and O–H groups in total. The molecule has 1 unspecified atom stereocenters. The van der Waals surface area contributed by atoms with E-state index < -0.39 is 11.2 Å². The van der Waals surface area contributed by atoms with Crippen molar-refractivity contribution in [3.8, 4) is 0 Å². The third-order valence-corrected chi connectivity index (χ3v) is 4.52. The van der Waals surface area contributed by atoms with Crippen molar-refractivity contribution in [1.29, 1.82) is 0 Å². The summed E-state index contributed by atoms with van der Waals surface area (Å²) in [6.45, 7) is 0. The molecule has 2 aromatic rings. The minimum Gasteiger partial charge on any atom is -0.351 e. The molecule has 19 heavy (non-hydrogen) atoms. The highest BCUT2D eigenvalue weighted by molar-refractivity contribution is 7.15. The predicted octanol–water partition coefficient (Wildman–Crippen LogP) is 3.58. The smallest absolute Gasteiger partial charge is 0.351 e. The van der Waals surface area contributed by atoms with Gasteiger partial charge in [-0.1, -0.05) is 11.3 Å². The molecule has 0 radical (unpaired) electrons. The van der Waals surface area contributed by atoms with Gasteiger partial charge in [0.1, 0.15) is 5.01 Å². The number of rotatable bonds is 4. The monoisotopic (exact) mass is 306 g/mol. The fourth-order valence-corrected chi connectivity index (χ4v) is 3.16. The second kappa shape index (κ2) is 4.71. The molecule has 1 aliphatic carbocycles. The van der Waals surface area contributed by atoms with Gasteiger partial charge in [0.25, 0.3) is 0 Å². The minimum atomic E-state index is -4.44. The van der Waals surface area contributed by atoms with E-state index in [1.165, 1.54) is 11.3 Å². The molecule has 0 aliphatic heterocycles. The average Bonchev–Trinajstić information content (AvgIpc) is 2.87. The summed E-state index contributed by atoms with van der Waals surface area (Å²) in [7, 11) is 0. The number of hydrogen-bond acceptors (Lipinski definition) is 6. The first-order valence-corrected chi connectivity index (χ1v) is 7.30. The van der Waals surface area contributed by atoms with Gasteiger partial charge in [-0.05, 0) is 18.8 Å². The van der Waals surface area contributed by atoms with Crippen LogP contribution in [0.5, 0.6) is 0 Å². The van der Waals surface area contributed by atoms with Crippen LogP contribution in [0.4, 0.5) is 18.3 Å². The zero-order chi connectivity index (χ0) is 13.5. The summed E-state index contributed by atoms with van der Waals surface area (Å²) < 4.78 is 37.4. The number of aromatic nitrogens is 3. The van der Waals surface area contributed by atoms with Crippen LogP contribution in [0.1, 0.15) is 28.9 Å². The summed E-state index contributed by atoms with van der Waals surface area (Å²) in [5.41, 5.74) is 0. The van der Waals surface area contributed by atoms with E-state index in [1.54, 1.807) is 6.20 Å². The highest BCUT2D eigenvalue weighted by atomic mass is 32.1. The van der Waals surface area contributed by atoms with Crippen LogP contribution in [0.3, 0.4) is 0 Å². The lowest BCUT2D eigenvalue weighted by atomic mass is 10.2. The number of alkyl halides is 3. The zero-order valence-corrected chi connectivity index (χ0v) is 11.1. The van der Waals surface area contributed by atoms with Crippen LogP contribution in [0, 0.1) is 5.92 Å². The van der Waals surface area contributed by atoms with Crippen molar-refractivity contribution in [2.24, 2.45) is 5.92 Å². The van der Waals surface area contributed by atoms with Crippen molar-refractivity contribution in [1.82, 2.24) is 15.2 Å². The lowest BCUT2D eigenvalue weighted by molar-refractivity contribution is -0.138. The van der Waals surface area contributed by atoms with E-state index >= 15 is 0 Å². The van der Waals surface area contributed by atoms with Crippen molar-refractivity contribution >= 4 is 27.8 Å². The van der Waals surface area contributed by atoms with Gasteiger partial charge < -0.3 is 5.32 Å². The molecule has 1 saturated carbocycles. The van der Waals surface area contributed by atoms with Gasteiger partial charge in [0.15, 0.2) is 0 Å². The molecule has 0 bridgehead atoms. The maximum atomic E-state index is 12.5. The number of nitrogens with zero attached hydrogens (tertiary/aromatic N) is 3. The topological polar surface area (TPSA) is 50.7 Å². The second-order valence-corrected chi connectivity index (χ2v) is 6.14. The Bertz CT molecular complexity index is 547.